The second-order valence-electron chi connectivity index (χ2n) is 4.68. The number of aliphatic carboxylic acids is 1. The molecular weight excluding hydrogens is 268 g/mol. The van der Waals surface area contributed by atoms with E-state index in [0.717, 1.165) is 19.3 Å². The molecule has 1 saturated heterocycles. The summed E-state index contributed by atoms with van der Waals surface area (Å²) >= 11 is 1.48. The Bertz CT molecular complexity index is 327. The van der Waals surface area contributed by atoms with Gasteiger partial charge in [0.25, 0.3) is 0 Å². The Balaban J connectivity index is 2.52. The van der Waals surface area contributed by atoms with Crippen molar-refractivity contribution < 1.29 is 19.8 Å². The molecule has 19 heavy (non-hydrogen) atoms. The van der Waals surface area contributed by atoms with E-state index >= 15 is 0 Å². The Kier molecular flexibility index (Phi) is 6.44. The van der Waals surface area contributed by atoms with Gasteiger partial charge in [0.05, 0.1) is 5.37 Å². The summed E-state index contributed by atoms with van der Waals surface area (Å²) in [5.74, 6) is -0.500. The zero-order valence-corrected chi connectivity index (χ0v) is 12.2. The van der Waals surface area contributed by atoms with Crippen molar-refractivity contribution in [1.82, 2.24) is 9.80 Å². The second kappa shape index (κ2) is 7.59. The van der Waals surface area contributed by atoms with Gasteiger partial charge in [-0.3, -0.25) is 4.90 Å². The summed E-state index contributed by atoms with van der Waals surface area (Å²) in [6, 6.07) is -0.957. The minimum Gasteiger partial charge on any atom is -0.480 e. The molecule has 0 aromatic rings. The predicted molar refractivity (Wildman–Crippen MR) is 74.1 cm³/mol. The molecule has 1 aliphatic rings. The van der Waals surface area contributed by atoms with Gasteiger partial charge in [-0.1, -0.05) is 0 Å². The zero-order chi connectivity index (χ0) is 14.4. The van der Waals surface area contributed by atoms with Gasteiger partial charge in [-0.25, -0.2) is 9.59 Å². The molecule has 2 unspecified atom stereocenters. The minimum atomic E-state index is -0.945. The summed E-state index contributed by atoms with van der Waals surface area (Å²) in [5.41, 5.74) is 0. The molecule has 110 valence electrons. The number of nitrogens with zero attached hydrogens (tertiary/aromatic N) is 2. The van der Waals surface area contributed by atoms with Gasteiger partial charge in [-0.05, 0) is 26.2 Å². The van der Waals surface area contributed by atoms with Crippen molar-refractivity contribution in [3.05, 3.63) is 0 Å². The van der Waals surface area contributed by atoms with Crippen molar-refractivity contribution in [2.24, 2.45) is 0 Å². The van der Waals surface area contributed by atoms with Crippen LogP contribution >= 0.6 is 11.8 Å². The van der Waals surface area contributed by atoms with Crippen LogP contribution in [0.1, 0.15) is 26.2 Å². The summed E-state index contributed by atoms with van der Waals surface area (Å²) in [5, 5.41) is 17.7. The second-order valence-corrected chi connectivity index (χ2v) is 6.03. The predicted octanol–water partition coefficient (Wildman–Crippen LogP) is 1.05. The van der Waals surface area contributed by atoms with Gasteiger partial charge in [0.2, 0.25) is 0 Å². The number of aliphatic hydroxyl groups is 1. The van der Waals surface area contributed by atoms with Crippen LogP contribution in [0.3, 0.4) is 0 Å². The fourth-order valence-electron chi connectivity index (χ4n) is 2.05. The molecule has 2 amide bonds. The van der Waals surface area contributed by atoms with E-state index in [1.165, 1.54) is 16.7 Å². The number of unbranched alkanes of at least 4 members (excludes halogenated alkanes) is 2. The highest BCUT2D eigenvalue weighted by Crippen LogP contribution is 2.29. The summed E-state index contributed by atoms with van der Waals surface area (Å²) in [7, 11) is 1.69. The molecule has 7 heteroatoms. The van der Waals surface area contributed by atoms with Crippen LogP contribution in [-0.2, 0) is 4.79 Å². The SMILES string of the molecule is CC1SCC(C(=O)O)N1C(=O)N(C)CCCCCO. The molecule has 2 N–H and O–H groups in total. The summed E-state index contributed by atoms with van der Waals surface area (Å²) in [4.78, 5) is 26.4. The largest absolute Gasteiger partial charge is 0.480 e. The number of carboxylic acid groups (broad SMARTS) is 1. The molecule has 1 aliphatic heterocycles. The van der Waals surface area contributed by atoms with Crippen LogP contribution in [0.4, 0.5) is 4.79 Å². The Morgan fingerprint density at radius 2 is 2.05 bits per heavy atom. The van der Waals surface area contributed by atoms with Gasteiger partial charge < -0.3 is 15.1 Å². The van der Waals surface area contributed by atoms with Crippen LogP contribution < -0.4 is 0 Å². The van der Waals surface area contributed by atoms with Gasteiger partial charge in [-0.15, -0.1) is 11.8 Å². The van der Waals surface area contributed by atoms with Crippen LogP contribution in [0.25, 0.3) is 0 Å². The molecule has 6 nitrogen and oxygen atoms in total. The number of carbonyl (C=O) groups excluding carboxylic acids is 1. The third kappa shape index (κ3) is 4.28. The lowest BCUT2D eigenvalue weighted by atomic mass is 10.2. The number of aliphatic hydroxyl groups excluding tert-OH is 1. The molecule has 0 aromatic heterocycles. The fraction of sp³-hybridized carbons (Fsp3) is 0.833. The number of carbonyl (C=O) groups is 2. The molecule has 0 spiro atoms. The average Bonchev–Trinajstić information content (AvgIpc) is 2.75. The number of rotatable bonds is 6. The number of carboxylic acids is 1. The summed E-state index contributed by atoms with van der Waals surface area (Å²) in [6.45, 7) is 2.60. The van der Waals surface area contributed by atoms with Crippen molar-refractivity contribution in [2.45, 2.75) is 37.6 Å². The maximum absolute atomic E-state index is 12.3. The molecule has 1 heterocycles. The first kappa shape index (κ1) is 16.1. The Hall–Kier alpha value is -0.950. The lowest BCUT2D eigenvalue weighted by Gasteiger charge is -2.30. The minimum absolute atomic E-state index is 0.103. The highest BCUT2D eigenvalue weighted by atomic mass is 32.2. The fourth-order valence-corrected chi connectivity index (χ4v) is 3.22. The Labute approximate surface area is 117 Å². The third-order valence-corrected chi connectivity index (χ3v) is 4.42. The van der Waals surface area contributed by atoms with Crippen molar-refractivity contribution in [3.8, 4) is 0 Å². The number of amides is 2. The normalized spacial score (nSPS) is 22.6. The molecule has 0 aromatic carbocycles. The highest BCUT2D eigenvalue weighted by molar-refractivity contribution is 8.00. The van der Waals surface area contributed by atoms with E-state index in [1.807, 2.05) is 6.92 Å². The first-order valence-electron chi connectivity index (χ1n) is 6.47. The van der Waals surface area contributed by atoms with Gasteiger partial charge in [0.1, 0.15) is 6.04 Å². The molecule has 0 saturated carbocycles. The quantitative estimate of drug-likeness (QED) is 0.715. The van der Waals surface area contributed by atoms with Crippen LogP contribution in [0.5, 0.6) is 0 Å². The van der Waals surface area contributed by atoms with Crippen LogP contribution in [0, 0.1) is 0 Å². The van der Waals surface area contributed by atoms with Gasteiger partial charge in [0, 0.05) is 26.0 Å². The van der Waals surface area contributed by atoms with Crippen LogP contribution in [-0.4, -0.2) is 69.4 Å². The zero-order valence-electron chi connectivity index (χ0n) is 11.4. The summed E-state index contributed by atoms with van der Waals surface area (Å²) < 4.78 is 0. The number of hydrogen-bond donors (Lipinski definition) is 2. The number of thioether (sulfide) groups is 1. The lowest BCUT2D eigenvalue weighted by molar-refractivity contribution is -0.141. The average molecular weight is 290 g/mol. The van der Waals surface area contributed by atoms with Crippen molar-refractivity contribution in [1.29, 1.82) is 0 Å². The monoisotopic (exact) mass is 290 g/mol. The smallest absolute Gasteiger partial charge is 0.327 e. The number of hydrogen-bond acceptors (Lipinski definition) is 4. The van der Waals surface area contributed by atoms with Crippen molar-refractivity contribution in [3.63, 3.8) is 0 Å². The molecule has 0 bridgehead atoms. The topological polar surface area (TPSA) is 81.1 Å². The van der Waals surface area contributed by atoms with Gasteiger partial charge in [-0.2, -0.15) is 0 Å². The van der Waals surface area contributed by atoms with E-state index in [2.05, 4.69) is 0 Å². The third-order valence-electron chi connectivity index (χ3n) is 3.21. The standard InChI is InChI=1S/C12H22N2O4S/c1-9-14(10(8-19-9)11(16)17)12(18)13(2)6-4-3-5-7-15/h9-10,15H,3-8H2,1-2H3,(H,16,17). The Morgan fingerprint density at radius 1 is 1.37 bits per heavy atom. The van der Waals surface area contributed by atoms with E-state index in [9.17, 15) is 9.59 Å². The van der Waals surface area contributed by atoms with Crippen LogP contribution in [0.15, 0.2) is 0 Å². The molecule has 1 rings (SSSR count). The maximum atomic E-state index is 12.3. The molecule has 0 radical (unpaired) electrons. The van der Waals surface area contributed by atoms with Crippen molar-refractivity contribution in [2.75, 3.05) is 26.0 Å². The van der Waals surface area contributed by atoms with E-state index in [-0.39, 0.29) is 18.0 Å². The van der Waals surface area contributed by atoms with Gasteiger partial charge in [0.15, 0.2) is 0 Å². The van der Waals surface area contributed by atoms with E-state index < -0.39 is 12.0 Å². The van der Waals surface area contributed by atoms with Crippen LogP contribution in [0.2, 0.25) is 0 Å². The lowest BCUT2D eigenvalue weighted by Crippen LogP contribution is -2.50. The first-order valence-corrected chi connectivity index (χ1v) is 7.52. The number of urea groups is 1. The van der Waals surface area contributed by atoms with E-state index in [1.54, 1.807) is 11.9 Å². The van der Waals surface area contributed by atoms with Crippen molar-refractivity contribution >= 4 is 23.8 Å². The maximum Gasteiger partial charge on any atom is 0.327 e. The van der Waals surface area contributed by atoms with Gasteiger partial charge >= 0.3 is 12.0 Å². The summed E-state index contributed by atoms with van der Waals surface area (Å²) in [6.07, 6.45) is 2.41. The molecular formula is C12H22N2O4S. The molecule has 2 atom stereocenters. The first-order chi connectivity index (χ1) is 8.99. The van der Waals surface area contributed by atoms with E-state index in [0.29, 0.717) is 12.3 Å². The molecule has 1 fully saturated rings. The Morgan fingerprint density at radius 3 is 2.63 bits per heavy atom. The highest BCUT2D eigenvalue weighted by Gasteiger charge is 2.40. The van der Waals surface area contributed by atoms with E-state index in [4.69, 9.17) is 10.2 Å². The molecule has 0 aliphatic carbocycles.